The van der Waals surface area contributed by atoms with Gasteiger partial charge < -0.3 is 4.42 Å². The second kappa shape index (κ2) is 15.1. The minimum atomic E-state index is -2.38. The van der Waals surface area contributed by atoms with Gasteiger partial charge in [0.2, 0.25) is 0 Å². The first kappa shape index (κ1) is 37.5. The van der Waals surface area contributed by atoms with Crippen molar-refractivity contribution in [3.63, 3.8) is 0 Å². The van der Waals surface area contributed by atoms with Crippen LogP contribution in [0.25, 0.3) is 93.8 Å². The highest BCUT2D eigenvalue weighted by molar-refractivity contribution is 6.91. The van der Waals surface area contributed by atoms with Gasteiger partial charge >= 0.3 is 0 Å². The molecule has 0 aliphatic heterocycles. The largest absolute Gasteiger partial charge is 0.455 e. The third-order valence-electron chi connectivity index (χ3n) is 13.1. The maximum absolute atomic E-state index is 8.82. The topological polar surface area (TPSA) is 31.0 Å². The van der Waals surface area contributed by atoms with Crippen LogP contribution in [0.2, 0.25) is 39.3 Å². The highest BCUT2D eigenvalue weighted by Gasteiger charge is 2.27. The molecule has 0 N–H and O–H groups in total. The van der Waals surface area contributed by atoms with Crippen molar-refractivity contribution in [3.8, 4) is 39.3 Å². The van der Waals surface area contributed by atoms with Crippen LogP contribution in [0.1, 0.15) is 60.3 Å². The predicted octanol–water partition coefficient (Wildman–Crippen LogP) is 15.9. The number of hydrogen-bond acceptors (Lipinski definition) is 2. The summed E-state index contributed by atoms with van der Waals surface area (Å²) in [5, 5.41) is 9.69. The summed E-state index contributed by atoms with van der Waals surface area (Å²) < 4.78 is 35.6. The van der Waals surface area contributed by atoms with Crippen molar-refractivity contribution in [2.24, 2.45) is 0 Å². The Morgan fingerprint density at radius 2 is 1.14 bits per heavy atom. The average molecular weight is 858 g/mol. The van der Waals surface area contributed by atoms with E-state index in [1.807, 2.05) is 12.1 Å². The summed E-state index contributed by atoms with van der Waals surface area (Å²) in [6.07, 6.45) is 0. The number of furan rings is 1. The Morgan fingerprint density at radius 3 is 1.78 bits per heavy atom. The molecule has 8 aromatic carbocycles. The molecule has 314 valence electrons. The van der Waals surface area contributed by atoms with Crippen LogP contribution in [-0.4, -0.2) is 25.7 Å². The minimum absolute atomic E-state index is 0.0930. The zero-order valence-electron chi connectivity index (χ0n) is 41.2. The molecule has 0 unspecified atom stereocenters. The van der Waals surface area contributed by atoms with Crippen LogP contribution in [0.15, 0.2) is 144 Å². The molecule has 5 heteroatoms. The van der Waals surface area contributed by atoms with Crippen LogP contribution < -0.4 is 10.4 Å². The van der Waals surface area contributed by atoms with Gasteiger partial charge in [-0.3, -0.25) is 4.57 Å². The van der Waals surface area contributed by atoms with Crippen LogP contribution in [-0.2, 0) is 0 Å². The van der Waals surface area contributed by atoms with Gasteiger partial charge in [-0.2, -0.15) is 0 Å². The molecule has 0 aliphatic rings. The number of aromatic nitrogens is 2. The molecular weight excluding hydrogens is 797 g/mol. The zero-order valence-corrected chi connectivity index (χ0v) is 40.2. The lowest BCUT2D eigenvalue weighted by Crippen LogP contribution is -2.45. The molecule has 0 radical (unpaired) electrons. The third kappa shape index (κ3) is 7.06. The van der Waals surface area contributed by atoms with E-state index in [1.165, 1.54) is 32.3 Å². The number of aryl methyl sites for hydroxylation is 1. The second-order valence-corrected chi connectivity index (χ2v) is 30.4. The van der Waals surface area contributed by atoms with Crippen LogP contribution in [0.3, 0.4) is 0 Å². The normalized spacial score (nSPS) is 13.6. The van der Waals surface area contributed by atoms with Crippen LogP contribution >= 0.6 is 0 Å². The summed E-state index contributed by atoms with van der Waals surface area (Å²) in [5.41, 5.74) is 11.9. The lowest BCUT2D eigenvalue weighted by atomic mass is 9.87. The van der Waals surface area contributed by atoms with Crippen molar-refractivity contribution >= 4 is 81.0 Å². The number of hydrogen-bond donors (Lipinski definition) is 0. The van der Waals surface area contributed by atoms with Gasteiger partial charge in [0, 0.05) is 14.9 Å². The van der Waals surface area contributed by atoms with Gasteiger partial charge in [0.05, 0.1) is 38.4 Å². The summed E-state index contributed by atoms with van der Waals surface area (Å²) in [5.74, 6) is 0.839. The first-order valence-electron chi connectivity index (χ1n) is 24.0. The van der Waals surface area contributed by atoms with Crippen molar-refractivity contribution < 1.29 is 8.53 Å². The van der Waals surface area contributed by atoms with E-state index in [-0.39, 0.29) is 17.4 Å². The van der Waals surface area contributed by atoms with E-state index in [9.17, 15) is 0 Å². The Balaban J connectivity index is 1.19. The Hall–Kier alpha value is -6.02. The minimum Gasteiger partial charge on any atom is -0.455 e. The summed E-state index contributed by atoms with van der Waals surface area (Å²) >= 11 is 0. The number of para-hydroxylation sites is 2. The van der Waals surface area contributed by atoms with E-state index in [0.717, 1.165) is 66.2 Å². The van der Waals surface area contributed by atoms with Crippen LogP contribution in [0, 0.1) is 6.85 Å². The van der Waals surface area contributed by atoms with E-state index in [1.54, 1.807) is 6.07 Å². The Bertz CT molecular complexity index is 3480. The number of imidazole rings is 1. The second-order valence-electron chi connectivity index (χ2n) is 20.3. The smallest absolute Gasteiger partial charge is 0.149 e. The summed E-state index contributed by atoms with van der Waals surface area (Å²) in [4.78, 5) is 5.37. The molecule has 0 saturated heterocycles. The molecule has 63 heavy (non-hydrogen) atoms. The molecule has 0 fully saturated rings. The highest BCUT2D eigenvalue weighted by atomic mass is 28.3. The number of rotatable bonds is 8. The van der Waals surface area contributed by atoms with Gasteiger partial charge in [-0.15, -0.1) is 0 Å². The van der Waals surface area contributed by atoms with E-state index in [0.29, 0.717) is 16.9 Å². The van der Waals surface area contributed by atoms with Crippen molar-refractivity contribution in [1.82, 2.24) is 9.55 Å². The first-order valence-corrected chi connectivity index (χ1v) is 29.5. The molecule has 0 atom stereocenters. The molecule has 2 aromatic heterocycles. The van der Waals surface area contributed by atoms with Crippen molar-refractivity contribution in [2.45, 2.75) is 85.7 Å². The third-order valence-corrected chi connectivity index (χ3v) is 17.2. The summed E-state index contributed by atoms with van der Waals surface area (Å²) in [6, 6.07) is 50.1. The molecule has 0 amide bonds. The van der Waals surface area contributed by atoms with Gasteiger partial charge in [-0.1, -0.05) is 180 Å². The lowest BCUT2D eigenvalue weighted by Gasteiger charge is -2.25. The fourth-order valence-corrected chi connectivity index (χ4v) is 12.0. The predicted molar refractivity (Wildman–Crippen MR) is 279 cm³/mol. The molecule has 3 nitrogen and oxygen atoms in total. The molecule has 0 spiro atoms. The molecular formula is C58H58N2OSi2. The number of benzene rings is 8. The van der Waals surface area contributed by atoms with Crippen molar-refractivity contribution in [1.29, 1.82) is 0 Å². The molecule has 0 aliphatic carbocycles. The standard InChI is InChI=1S/C58H58N2OSi2/c1-35(2)49-31-43(39-24-22-38(23-25-39)42-28-44(62(6,7)8)33-45(29-42)63(9,10)11)32-50(36(3)4)56(49)60-55-37(5)16-14-21-53(55)59-58(60)48-20-15-19-47-52-30-41-27-26-40-17-12-13-18-46(40)51(41)34-54(52)61-57(47)48/h12-36H,1-11H3/i5D3. The van der Waals surface area contributed by atoms with E-state index in [4.69, 9.17) is 13.5 Å². The van der Waals surface area contributed by atoms with Crippen molar-refractivity contribution in [2.75, 3.05) is 0 Å². The zero-order chi connectivity index (χ0) is 46.6. The summed E-state index contributed by atoms with van der Waals surface area (Å²) in [7, 11) is -3.10. The van der Waals surface area contributed by atoms with E-state index >= 15 is 0 Å². The van der Waals surface area contributed by atoms with Crippen molar-refractivity contribution in [3.05, 3.63) is 156 Å². The highest BCUT2D eigenvalue weighted by Crippen LogP contribution is 2.44. The molecule has 0 saturated carbocycles. The molecule has 0 bridgehead atoms. The van der Waals surface area contributed by atoms with Gasteiger partial charge in [-0.25, -0.2) is 4.98 Å². The SMILES string of the molecule is [2H]C([2H])([2H])c1cccc2nc(-c3cccc4c3oc3cc5c(ccc6ccccc65)cc34)n(-c3c(C(C)C)cc(-c4ccc(-c5cc([Si](C)(C)C)cc([Si](C)(C)C)c5)cc4)cc3C(C)C)c12. The van der Waals surface area contributed by atoms with Crippen LogP contribution in [0.5, 0.6) is 0 Å². The Morgan fingerprint density at radius 1 is 0.540 bits per heavy atom. The summed E-state index contributed by atoms with van der Waals surface area (Å²) in [6.45, 7) is 21.2. The molecule has 10 aromatic rings. The lowest BCUT2D eigenvalue weighted by molar-refractivity contribution is 0.670. The van der Waals surface area contributed by atoms with Crippen LogP contribution in [0.4, 0.5) is 0 Å². The number of fused-ring (bicyclic) bond motifs is 7. The van der Waals surface area contributed by atoms with E-state index < -0.39 is 23.0 Å². The Kier molecular flexibility index (Phi) is 8.98. The fraction of sp³-hybridized carbons (Fsp3) is 0.224. The van der Waals surface area contributed by atoms with E-state index in [2.05, 4.69) is 193 Å². The first-order chi connectivity index (χ1) is 31.3. The van der Waals surface area contributed by atoms with Gasteiger partial charge in [0.15, 0.2) is 0 Å². The number of nitrogens with zero attached hydrogens (tertiary/aromatic N) is 2. The van der Waals surface area contributed by atoms with Gasteiger partial charge in [0.1, 0.15) is 17.0 Å². The average Bonchev–Trinajstić information content (AvgIpc) is 3.85. The molecule has 2 heterocycles. The van der Waals surface area contributed by atoms with Gasteiger partial charge in [0.25, 0.3) is 0 Å². The maximum Gasteiger partial charge on any atom is 0.149 e. The maximum atomic E-state index is 8.82. The monoisotopic (exact) mass is 857 g/mol. The molecule has 10 rings (SSSR count). The fourth-order valence-electron chi connectivity index (χ4n) is 9.50. The quantitative estimate of drug-likeness (QED) is 0.113. The van der Waals surface area contributed by atoms with Gasteiger partial charge in [-0.05, 0) is 116 Å². The Labute approximate surface area is 378 Å².